The fourth-order valence-corrected chi connectivity index (χ4v) is 3.07. The zero-order chi connectivity index (χ0) is 19.8. The molecule has 0 aliphatic carbocycles. The number of rotatable bonds is 8. The quantitative estimate of drug-likeness (QED) is 0.772. The van der Waals surface area contributed by atoms with Crippen molar-refractivity contribution in [2.45, 2.75) is 46.2 Å². The lowest BCUT2D eigenvalue weighted by Crippen LogP contribution is -2.49. The van der Waals surface area contributed by atoms with E-state index in [-0.39, 0.29) is 30.6 Å². The maximum Gasteiger partial charge on any atom is 0.242 e. The van der Waals surface area contributed by atoms with Crippen molar-refractivity contribution in [1.82, 2.24) is 10.2 Å². The summed E-state index contributed by atoms with van der Waals surface area (Å²) in [6.07, 6.45) is 0.732. The summed E-state index contributed by atoms with van der Waals surface area (Å²) < 4.78 is 13.2. The SMILES string of the molecule is CCNC(=O)[C@@H](CC)N(Cc1ccc(F)cc1)C(=O)Cc1ccccc1C. The number of hydrogen-bond donors (Lipinski definition) is 1. The molecule has 0 heterocycles. The average molecular weight is 370 g/mol. The molecule has 0 unspecified atom stereocenters. The lowest BCUT2D eigenvalue weighted by atomic mass is 10.0. The number of halogens is 1. The van der Waals surface area contributed by atoms with Gasteiger partial charge in [-0.25, -0.2) is 4.39 Å². The molecule has 0 saturated heterocycles. The maximum atomic E-state index is 13.2. The van der Waals surface area contributed by atoms with Crippen LogP contribution in [0.15, 0.2) is 48.5 Å². The first-order valence-electron chi connectivity index (χ1n) is 9.32. The summed E-state index contributed by atoms with van der Waals surface area (Å²) in [7, 11) is 0. The molecule has 2 amide bonds. The van der Waals surface area contributed by atoms with Crippen molar-refractivity contribution in [1.29, 1.82) is 0 Å². The van der Waals surface area contributed by atoms with E-state index in [1.54, 1.807) is 17.0 Å². The lowest BCUT2D eigenvalue weighted by Gasteiger charge is -2.31. The van der Waals surface area contributed by atoms with Crippen molar-refractivity contribution in [2.75, 3.05) is 6.54 Å². The summed E-state index contributed by atoms with van der Waals surface area (Å²) in [5.41, 5.74) is 2.77. The van der Waals surface area contributed by atoms with E-state index in [9.17, 15) is 14.0 Å². The molecule has 0 saturated carbocycles. The number of nitrogens with zero attached hydrogens (tertiary/aromatic N) is 1. The Morgan fingerprint density at radius 2 is 1.74 bits per heavy atom. The Bertz CT molecular complexity index is 774. The van der Waals surface area contributed by atoms with Crippen LogP contribution in [0.5, 0.6) is 0 Å². The van der Waals surface area contributed by atoms with Crippen LogP contribution in [-0.4, -0.2) is 29.3 Å². The highest BCUT2D eigenvalue weighted by molar-refractivity contribution is 5.88. The number of carbonyl (C=O) groups excluding carboxylic acids is 2. The molecular weight excluding hydrogens is 343 g/mol. The Hall–Kier alpha value is -2.69. The smallest absolute Gasteiger partial charge is 0.242 e. The molecule has 0 aliphatic heterocycles. The van der Waals surface area contributed by atoms with Crippen LogP contribution >= 0.6 is 0 Å². The van der Waals surface area contributed by atoms with E-state index in [0.717, 1.165) is 16.7 Å². The number of nitrogens with one attached hydrogen (secondary N) is 1. The molecule has 2 rings (SSSR count). The molecule has 144 valence electrons. The fraction of sp³-hybridized carbons (Fsp3) is 0.364. The van der Waals surface area contributed by atoms with Crippen molar-refractivity contribution in [3.63, 3.8) is 0 Å². The molecule has 0 aliphatic rings. The molecule has 0 radical (unpaired) electrons. The normalized spacial score (nSPS) is 11.7. The number of hydrogen-bond acceptors (Lipinski definition) is 2. The summed E-state index contributed by atoms with van der Waals surface area (Å²) in [6, 6.07) is 13.2. The molecule has 1 atom stereocenters. The Labute approximate surface area is 160 Å². The molecule has 4 nitrogen and oxygen atoms in total. The molecule has 27 heavy (non-hydrogen) atoms. The van der Waals surface area contributed by atoms with Gasteiger partial charge in [0.1, 0.15) is 11.9 Å². The number of likely N-dealkylation sites (N-methyl/N-ethyl adjacent to an activating group) is 1. The molecule has 0 aromatic heterocycles. The second-order valence-electron chi connectivity index (χ2n) is 6.57. The van der Waals surface area contributed by atoms with Gasteiger partial charge in [-0.3, -0.25) is 9.59 Å². The van der Waals surface area contributed by atoms with Crippen LogP contribution in [0.1, 0.15) is 37.0 Å². The van der Waals surface area contributed by atoms with Crippen molar-refractivity contribution < 1.29 is 14.0 Å². The van der Waals surface area contributed by atoms with E-state index in [0.29, 0.717) is 13.0 Å². The molecule has 2 aromatic carbocycles. The number of benzene rings is 2. The van der Waals surface area contributed by atoms with Gasteiger partial charge in [-0.05, 0) is 49.1 Å². The molecular formula is C22H27FN2O2. The summed E-state index contributed by atoms with van der Waals surface area (Å²) in [5, 5.41) is 2.81. The summed E-state index contributed by atoms with van der Waals surface area (Å²) in [5.74, 6) is -0.612. The first-order chi connectivity index (χ1) is 13.0. The highest BCUT2D eigenvalue weighted by Gasteiger charge is 2.28. The number of aryl methyl sites for hydroxylation is 1. The van der Waals surface area contributed by atoms with E-state index in [1.807, 2.05) is 45.0 Å². The van der Waals surface area contributed by atoms with Crippen molar-refractivity contribution in [3.05, 3.63) is 71.0 Å². The zero-order valence-electron chi connectivity index (χ0n) is 16.2. The van der Waals surface area contributed by atoms with Crippen molar-refractivity contribution in [3.8, 4) is 0 Å². The van der Waals surface area contributed by atoms with Crippen LogP contribution < -0.4 is 5.32 Å². The average Bonchev–Trinajstić information content (AvgIpc) is 2.65. The Balaban J connectivity index is 2.29. The lowest BCUT2D eigenvalue weighted by molar-refractivity contribution is -0.140. The molecule has 5 heteroatoms. The maximum absolute atomic E-state index is 13.2. The predicted molar refractivity (Wildman–Crippen MR) is 105 cm³/mol. The monoisotopic (exact) mass is 370 g/mol. The van der Waals surface area contributed by atoms with Crippen molar-refractivity contribution in [2.24, 2.45) is 0 Å². The van der Waals surface area contributed by atoms with Gasteiger partial charge in [0, 0.05) is 13.1 Å². The highest BCUT2D eigenvalue weighted by Crippen LogP contribution is 2.16. The van der Waals surface area contributed by atoms with Gasteiger partial charge in [0.15, 0.2) is 0 Å². The number of carbonyl (C=O) groups is 2. The molecule has 0 spiro atoms. The Morgan fingerprint density at radius 1 is 1.07 bits per heavy atom. The minimum absolute atomic E-state index is 0.119. The van der Waals surface area contributed by atoms with Gasteiger partial charge in [0.2, 0.25) is 11.8 Å². The highest BCUT2D eigenvalue weighted by atomic mass is 19.1. The Morgan fingerprint density at radius 3 is 2.33 bits per heavy atom. The van der Waals surface area contributed by atoms with E-state index >= 15 is 0 Å². The molecule has 1 N–H and O–H groups in total. The standard InChI is InChI=1S/C22H27FN2O2/c1-4-20(22(27)24-5-2)25(15-17-10-12-19(23)13-11-17)21(26)14-18-9-7-6-8-16(18)3/h6-13,20H,4-5,14-15H2,1-3H3,(H,24,27)/t20-/m1/s1. The van der Waals surface area contributed by atoms with Gasteiger partial charge < -0.3 is 10.2 Å². The third-order valence-electron chi connectivity index (χ3n) is 4.61. The molecule has 2 aromatic rings. The number of amides is 2. The van der Waals surface area contributed by atoms with Gasteiger partial charge >= 0.3 is 0 Å². The topological polar surface area (TPSA) is 49.4 Å². The largest absolute Gasteiger partial charge is 0.355 e. The van der Waals surface area contributed by atoms with Crippen LogP contribution in [0.4, 0.5) is 4.39 Å². The van der Waals surface area contributed by atoms with Gasteiger partial charge in [-0.15, -0.1) is 0 Å². The second-order valence-corrected chi connectivity index (χ2v) is 6.57. The summed E-state index contributed by atoms with van der Waals surface area (Å²) >= 11 is 0. The van der Waals surface area contributed by atoms with Gasteiger partial charge in [-0.1, -0.05) is 43.3 Å². The predicted octanol–water partition coefficient (Wildman–Crippen LogP) is 3.62. The van der Waals surface area contributed by atoms with Crippen molar-refractivity contribution >= 4 is 11.8 Å². The van der Waals surface area contributed by atoms with Gasteiger partial charge in [0.05, 0.1) is 6.42 Å². The third-order valence-corrected chi connectivity index (χ3v) is 4.61. The van der Waals surface area contributed by atoms with E-state index < -0.39 is 6.04 Å². The first-order valence-corrected chi connectivity index (χ1v) is 9.32. The minimum Gasteiger partial charge on any atom is -0.355 e. The van der Waals surface area contributed by atoms with Crippen LogP contribution in [-0.2, 0) is 22.6 Å². The first kappa shape index (κ1) is 20.6. The van der Waals surface area contributed by atoms with Crippen LogP contribution in [0.2, 0.25) is 0 Å². The van der Waals surface area contributed by atoms with E-state index in [2.05, 4.69) is 5.32 Å². The van der Waals surface area contributed by atoms with Gasteiger partial charge in [-0.2, -0.15) is 0 Å². The van der Waals surface area contributed by atoms with Crippen LogP contribution in [0.3, 0.4) is 0 Å². The second kappa shape index (κ2) is 9.86. The zero-order valence-corrected chi connectivity index (χ0v) is 16.2. The van der Waals surface area contributed by atoms with E-state index in [4.69, 9.17) is 0 Å². The minimum atomic E-state index is -0.563. The molecule has 0 bridgehead atoms. The third kappa shape index (κ3) is 5.64. The van der Waals surface area contributed by atoms with Crippen LogP contribution in [0, 0.1) is 12.7 Å². The summed E-state index contributed by atoms with van der Waals surface area (Å²) in [4.78, 5) is 27.2. The Kier molecular flexibility index (Phi) is 7.53. The fourth-order valence-electron chi connectivity index (χ4n) is 3.07. The molecule has 0 fully saturated rings. The van der Waals surface area contributed by atoms with Crippen LogP contribution in [0.25, 0.3) is 0 Å². The summed E-state index contributed by atoms with van der Waals surface area (Å²) in [6.45, 7) is 6.48. The van der Waals surface area contributed by atoms with Gasteiger partial charge in [0.25, 0.3) is 0 Å². The van der Waals surface area contributed by atoms with E-state index in [1.165, 1.54) is 12.1 Å².